The van der Waals surface area contributed by atoms with E-state index >= 15 is 0 Å². The van der Waals surface area contributed by atoms with E-state index in [0.29, 0.717) is 0 Å². The molecule has 0 saturated heterocycles. The van der Waals surface area contributed by atoms with Crippen LogP contribution < -0.4 is 0 Å². The first-order valence-electron chi connectivity index (χ1n) is 5.02. The maximum Gasteiger partial charge on any atom is 0.165 e. The standard InChI is InChI=1S/C13H14O/c1-2-6-12(14)13(9-10-13)11-7-4-3-5-8-11/h2-8H,9-10H2,1H3/b6-2+. The number of ketones is 1. The minimum absolute atomic E-state index is 0.173. The summed E-state index contributed by atoms with van der Waals surface area (Å²) in [6.07, 6.45) is 5.52. The minimum atomic E-state index is -0.173. The molecule has 0 amide bonds. The molecule has 1 aromatic carbocycles. The first-order valence-corrected chi connectivity index (χ1v) is 5.02. The molecule has 72 valence electrons. The van der Waals surface area contributed by atoms with E-state index in [0.717, 1.165) is 12.8 Å². The molecule has 14 heavy (non-hydrogen) atoms. The molecule has 0 heterocycles. The predicted octanol–water partition coefficient (Wildman–Crippen LogP) is 2.86. The van der Waals surface area contributed by atoms with Crippen LogP contribution in [0.1, 0.15) is 25.3 Å². The fourth-order valence-electron chi connectivity index (χ4n) is 1.87. The molecule has 1 aliphatic carbocycles. The van der Waals surface area contributed by atoms with Crippen molar-refractivity contribution in [2.24, 2.45) is 0 Å². The Morgan fingerprint density at radius 2 is 1.93 bits per heavy atom. The van der Waals surface area contributed by atoms with E-state index in [-0.39, 0.29) is 11.2 Å². The van der Waals surface area contributed by atoms with Crippen LogP contribution in [0.5, 0.6) is 0 Å². The summed E-state index contributed by atoms with van der Waals surface area (Å²) in [4.78, 5) is 11.8. The molecular weight excluding hydrogens is 172 g/mol. The maximum absolute atomic E-state index is 11.8. The summed E-state index contributed by atoms with van der Waals surface area (Å²) in [5.74, 6) is 0.256. The second-order valence-electron chi connectivity index (χ2n) is 3.81. The van der Waals surface area contributed by atoms with E-state index in [9.17, 15) is 4.79 Å². The second-order valence-corrected chi connectivity index (χ2v) is 3.81. The highest BCUT2D eigenvalue weighted by Crippen LogP contribution is 2.49. The van der Waals surface area contributed by atoms with Crippen LogP contribution in [0.15, 0.2) is 42.5 Å². The SMILES string of the molecule is C/C=C/C(=O)C1(c2ccccc2)CC1. The lowest BCUT2D eigenvalue weighted by Gasteiger charge is -2.11. The van der Waals surface area contributed by atoms with Crippen molar-refractivity contribution in [3.63, 3.8) is 0 Å². The van der Waals surface area contributed by atoms with Crippen LogP contribution in [-0.2, 0) is 10.2 Å². The first-order chi connectivity index (χ1) is 6.79. The minimum Gasteiger partial charge on any atom is -0.294 e. The van der Waals surface area contributed by atoms with Crippen molar-refractivity contribution in [1.29, 1.82) is 0 Å². The number of carbonyl (C=O) groups is 1. The van der Waals surface area contributed by atoms with Crippen LogP contribution in [0.2, 0.25) is 0 Å². The third kappa shape index (κ3) is 1.39. The zero-order chi connectivity index (χ0) is 10.0. The van der Waals surface area contributed by atoms with Crippen LogP contribution in [-0.4, -0.2) is 5.78 Å². The molecule has 0 spiro atoms. The molecule has 0 aromatic heterocycles. The molecule has 1 aromatic rings. The van der Waals surface area contributed by atoms with Crippen molar-refractivity contribution in [3.8, 4) is 0 Å². The van der Waals surface area contributed by atoms with Gasteiger partial charge in [0.25, 0.3) is 0 Å². The molecule has 0 N–H and O–H groups in total. The summed E-state index contributed by atoms with van der Waals surface area (Å²) in [7, 11) is 0. The van der Waals surface area contributed by atoms with Crippen molar-refractivity contribution in [2.45, 2.75) is 25.2 Å². The normalized spacial score (nSPS) is 18.4. The average molecular weight is 186 g/mol. The summed E-state index contributed by atoms with van der Waals surface area (Å²) in [5, 5.41) is 0. The fraction of sp³-hybridized carbons (Fsp3) is 0.308. The van der Waals surface area contributed by atoms with Crippen LogP contribution >= 0.6 is 0 Å². The summed E-state index contributed by atoms with van der Waals surface area (Å²) >= 11 is 0. The Balaban J connectivity index is 2.30. The molecule has 0 bridgehead atoms. The number of hydrogen-bond donors (Lipinski definition) is 0. The topological polar surface area (TPSA) is 17.1 Å². The van der Waals surface area contributed by atoms with Gasteiger partial charge in [-0.3, -0.25) is 4.79 Å². The van der Waals surface area contributed by atoms with Crippen molar-refractivity contribution in [3.05, 3.63) is 48.0 Å². The highest BCUT2D eigenvalue weighted by Gasteiger charge is 2.49. The van der Waals surface area contributed by atoms with Crippen molar-refractivity contribution in [1.82, 2.24) is 0 Å². The molecule has 1 nitrogen and oxygen atoms in total. The number of rotatable bonds is 3. The quantitative estimate of drug-likeness (QED) is 0.663. The zero-order valence-corrected chi connectivity index (χ0v) is 8.36. The molecule has 0 radical (unpaired) electrons. The lowest BCUT2D eigenvalue weighted by atomic mass is 9.91. The van der Waals surface area contributed by atoms with E-state index in [2.05, 4.69) is 12.1 Å². The van der Waals surface area contributed by atoms with E-state index in [1.54, 1.807) is 6.08 Å². The molecule has 1 aliphatic rings. The van der Waals surface area contributed by atoms with Gasteiger partial charge in [-0.15, -0.1) is 0 Å². The highest BCUT2D eigenvalue weighted by molar-refractivity contribution is 6.01. The summed E-state index contributed by atoms with van der Waals surface area (Å²) in [6, 6.07) is 10.1. The molecule has 1 saturated carbocycles. The van der Waals surface area contributed by atoms with Gasteiger partial charge in [-0.1, -0.05) is 36.4 Å². The number of carbonyl (C=O) groups excluding carboxylic acids is 1. The van der Waals surface area contributed by atoms with Gasteiger partial charge >= 0.3 is 0 Å². The first kappa shape index (κ1) is 9.20. The summed E-state index contributed by atoms with van der Waals surface area (Å²) in [6.45, 7) is 1.89. The van der Waals surface area contributed by atoms with Gasteiger partial charge in [-0.2, -0.15) is 0 Å². The van der Waals surface area contributed by atoms with Crippen molar-refractivity contribution in [2.75, 3.05) is 0 Å². The molecule has 0 atom stereocenters. The third-order valence-corrected chi connectivity index (χ3v) is 2.87. The fourth-order valence-corrected chi connectivity index (χ4v) is 1.87. The van der Waals surface area contributed by atoms with Gasteiger partial charge in [0.2, 0.25) is 0 Å². The molecule has 1 fully saturated rings. The third-order valence-electron chi connectivity index (χ3n) is 2.87. The van der Waals surface area contributed by atoms with Gasteiger partial charge in [0.1, 0.15) is 0 Å². The van der Waals surface area contributed by atoms with Crippen LogP contribution in [0.25, 0.3) is 0 Å². The lowest BCUT2D eigenvalue weighted by molar-refractivity contribution is -0.116. The Morgan fingerprint density at radius 3 is 2.43 bits per heavy atom. The van der Waals surface area contributed by atoms with E-state index < -0.39 is 0 Å². The van der Waals surface area contributed by atoms with Crippen molar-refractivity contribution >= 4 is 5.78 Å². The van der Waals surface area contributed by atoms with Crippen LogP contribution in [0.3, 0.4) is 0 Å². The van der Waals surface area contributed by atoms with Gasteiger partial charge in [0.05, 0.1) is 5.41 Å². The van der Waals surface area contributed by atoms with Gasteiger partial charge in [-0.25, -0.2) is 0 Å². The average Bonchev–Trinajstić information content (AvgIpc) is 3.00. The van der Waals surface area contributed by atoms with Gasteiger partial charge in [0, 0.05) is 0 Å². The summed E-state index contributed by atoms with van der Waals surface area (Å²) in [5.41, 5.74) is 0.997. The molecule has 0 unspecified atom stereocenters. The lowest BCUT2D eigenvalue weighted by Crippen LogP contribution is -2.17. The van der Waals surface area contributed by atoms with Crippen molar-refractivity contribution < 1.29 is 4.79 Å². The number of hydrogen-bond acceptors (Lipinski definition) is 1. The number of allylic oxidation sites excluding steroid dienone is 2. The molecule has 0 aliphatic heterocycles. The predicted molar refractivity (Wildman–Crippen MR) is 57.2 cm³/mol. The highest BCUT2D eigenvalue weighted by atomic mass is 16.1. The van der Waals surface area contributed by atoms with E-state index in [4.69, 9.17) is 0 Å². The van der Waals surface area contributed by atoms with Gasteiger partial charge in [-0.05, 0) is 31.4 Å². The molecule has 2 rings (SSSR count). The van der Waals surface area contributed by atoms with E-state index in [1.807, 2.05) is 31.2 Å². The maximum atomic E-state index is 11.8. The van der Waals surface area contributed by atoms with Crippen LogP contribution in [0, 0.1) is 0 Å². The summed E-state index contributed by atoms with van der Waals surface area (Å²) < 4.78 is 0. The Bertz CT molecular complexity index is 358. The second kappa shape index (κ2) is 3.41. The zero-order valence-electron chi connectivity index (χ0n) is 8.36. The Kier molecular flexibility index (Phi) is 2.24. The molecular formula is C13H14O. The Morgan fingerprint density at radius 1 is 1.29 bits per heavy atom. The Labute approximate surface area is 84.5 Å². The van der Waals surface area contributed by atoms with Crippen LogP contribution in [0.4, 0.5) is 0 Å². The monoisotopic (exact) mass is 186 g/mol. The largest absolute Gasteiger partial charge is 0.294 e. The molecule has 1 heteroatoms. The smallest absolute Gasteiger partial charge is 0.165 e. The van der Waals surface area contributed by atoms with E-state index in [1.165, 1.54) is 5.56 Å². The van der Waals surface area contributed by atoms with Gasteiger partial charge in [0.15, 0.2) is 5.78 Å². The number of benzene rings is 1. The van der Waals surface area contributed by atoms with Gasteiger partial charge < -0.3 is 0 Å². The Hall–Kier alpha value is -1.37.